The predicted octanol–water partition coefficient (Wildman–Crippen LogP) is 4.40. The van der Waals surface area contributed by atoms with E-state index in [0.29, 0.717) is 11.8 Å². The zero-order valence-corrected chi connectivity index (χ0v) is 14.1. The summed E-state index contributed by atoms with van der Waals surface area (Å²) < 4.78 is 6.69. The molecular weight excluding hydrogens is 332 g/mol. The lowest BCUT2D eigenvalue weighted by atomic mass is 9.53. The third-order valence-electron chi connectivity index (χ3n) is 7.03. The molecule has 5 aliphatic carbocycles. The number of hydrogen-bond donors (Lipinski definition) is 0. The molecule has 0 aromatic carbocycles. The highest BCUT2D eigenvalue weighted by Crippen LogP contribution is 2.63. The Labute approximate surface area is 135 Å². The summed E-state index contributed by atoms with van der Waals surface area (Å²) >= 11 is 3.62. The first kappa shape index (κ1) is 13.8. The molecule has 1 aliphatic heterocycles. The van der Waals surface area contributed by atoms with Gasteiger partial charge in [-0.15, -0.1) is 0 Å². The lowest BCUT2D eigenvalue weighted by Gasteiger charge is -2.57. The molecule has 0 unspecified atom stereocenters. The standard InChI is InChI=1S/C17H25BrO3/c18-10-11-1-3-16(4-2-11)19-17(21-20-16)14-6-12-5-13(8-14)9-15(17)7-12/h11-15H,1-10H2. The van der Waals surface area contributed by atoms with Gasteiger partial charge in [0.05, 0.1) is 0 Å². The van der Waals surface area contributed by atoms with E-state index in [9.17, 15) is 0 Å². The highest BCUT2D eigenvalue weighted by molar-refractivity contribution is 9.09. The second-order valence-corrected chi connectivity index (χ2v) is 8.95. The van der Waals surface area contributed by atoms with Crippen molar-refractivity contribution in [2.75, 3.05) is 5.33 Å². The minimum atomic E-state index is -0.423. The van der Waals surface area contributed by atoms with Crippen LogP contribution in [0.15, 0.2) is 0 Å². The largest absolute Gasteiger partial charge is 0.312 e. The van der Waals surface area contributed by atoms with Crippen molar-refractivity contribution in [3.05, 3.63) is 0 Å². The van der Waals surface area contributed by atoms with Crippen molar-refractivity contribution in [1.29, 1.82) is 0 Å². The van der Waals surface area contributed by atoms with Crippen molar-refractivity contribution in [3.8, 4) is 0 Å². The van der Waals surface area contributed by atoms with Crippen molar-refractivity contribution >= 4 is 15.9 Å². The molecule has 118 valence electrons. The van der Waals surface area contributed by atoms with Crippen LogP contribution in [0, 0.1) is 29.6 Å². The summed E-state index contributed by atoms with van der Waals surface area (Å²) in [5.74, 6) is 3.02. The molecule has 2 spiro atoms. The maximum atomic E-state index is 6.69. The van der Waals surface area contributed by atoms with Gasteiger partial charge < -0.3 is 4.74 Å². The first-order chi connectivity index (χ1) is 10.2. The van der Waals surface area contributed by atoms with Crippen molar-refractivity contribution in [2.24, 2.45) is 29.6 Å². The summed E-state index contributed by atoms with van der Waals surface area (Å²) in [4.78, 5) is 12.0. The predicted molar refractivity (Wildman–Crippen MR) is 81.5 cm³/mol. The third-order valence-corrected chi connectivity index (χ3v) is 7.95. The minimum absolute atomic E-state index is 0.380. The quantitative estimate of drug-likeness (QED) is 0.514. The second kappa shape index (κ2) is 4.68. The zero-order chi connectivity index (χ0) is 14.1. The molecule has 1 saturated heterocycles. The van der Waals surface area contributed by atoms with E-state index in [1.54, 1.807) is 0 Å². The van der Waals surface area contributed by atoms with Crippen LogP contribution < -0.4 is 0 Å². The number of hydrogen-bond acceptors (Lipinski definition) is 3. The Bertz CT molecular complexity index is 402. The Morgan fingerprint density at radius 3 is 2.05 bits per heavy atom. The lowest BCUT2D eigenvalue weighted by molar-refractivity contribution is -0.390. The summed E-state index contributed by atoms with van der Waals surface area (Å²) in [6.07, 6.45) is 11.0. The van der Waals surface area contributed by atoms with Gasteiger partial charge in [0, 0.05) is 30.0 Å². The van der Waals surface area contributed by atoms with Crippen molar-refractivity contribution in [1.82, 2.24) is 0 Å². The number of rotatable bonds is 1. The van der Waals surface area contributed by atoms with E-state index in [1.165, 1.54) is 44.9 Å². The average Bonchev–Trinajstić information content (AvgIpc) is 2.86. The van der Waals surface area contributed by atoms with Gasteiger partial charge in [-0.2, -0.15) is 9.78 Å². The molecule has 0 aromatic heterocycles. The Balaban J connectivity index is 1.38. The van der Waals surface area contributed by atoms with Crippen LogP contribution in [0.3, 0.4) is 0 Å². The van der Waals surface area contributed by atoms with Crippen LogP contribution in [0.5, 0.6) is 0 Å². The van der Waals surface area contributed by atoms with Crippen molar-refractivity contribution < 1.29 is 14.5 Å². The van der Waals surface area contributed by atoms with Crippen LogP contribution in [-0.2, 0) is 14.5 Å². The van der Waals surface area contributed by atoms with Gasteiger partial charge in [0.2, 0.25) is 11.6 Å². The number of halogens is 1. The van der Waals surface area contributed by atoms with Gasteiger partial charge in [-0.25, -0.2) is 0 Å². The maximum absolute atomic E-state index is 6.69. The minimum Gasteiger partial charge on any atom is -0.312 e. The van der Waals surface area contributed by atoms with Gasteiger partial charge in [0.1, 0.15) is 0 Å². The van der Waals surface area contributed by atoms with Gasteiger partial charge in [0.25, 0.3) is 0 Å². The molecule has 4 heteroatoms. The summed E-state index contributed by atoms with van der Waals surface area (Å²) in [6.45, 7) is 0. The van der Waals surface area contributed by atoms with Gasteiger partial charge in [-0.05, 0) is 62.7 Å². The topological polar surface area (TPSA) is 27.7 Å². The highest BCUT2D eigenvalue weighted by Gasteiger charge is 2.66. The summed E-state index contributed by atoms with van der Waals surface area (Å²) in [7, 11) is 0. The third kappa shape index (κ3) is 1.95. The van der Waals surface area contributed by atoms with Crippen molar-refractivity contribution in [3.63, 3.8) is 0 Å². The van der Waals surface area contributed by atoms with Gasteiger partial charge >= 0.3 is 0 Å². The van der Waals surface area contributed by atoms with Gasteiger partial charge in [0.15, 0.2) is 0 Å². The molecule has 0 N–H and O–H groups in total. The molecule has 4 bridgehead atoms. The Morgan fingerprint density at radius 1 is 0.857 bits per heavy atom. The molecule has 21 heavy (non-hydrogen) atoms. The van der Waals surface area contributed by atoms with Crippen molar-refractivity contribution in [2.45, 2.75) is 69.4 Å². The molecule has 6 aliphatic rings. The first-order valence-electron chi connectivity index (χ1n) is 8.84. The molecule has 6 rings (SSSR count). The van der Waals surface area contributed by atoms with E-state index in [0.717, 1.165) is 35.9 Å². The molecule has 0 amide bonds. The van der Waals surface area contributed by atoms with Crippen LogP contribution in [-0.4, -0.2) is 16.9 Å². The van der Waals surface area contributed by atoms with Crippen LogP contribution in [0.4, 0.5) is 0 Å². The fourth-order valence-corrected chi connectivity index (χ4v) is 6.71. The summed E-state index contributed by atoms with van der Waals surface area (Å²) in [6, 6.07) is 0. The molecule has 0 radical (unpaired) electrons. The maximum Gasteiger partial charge on any atom is 0.210 e. The van der Waals surface area contributed by atoms with E-state index in [4.69, 9.17) is 14.5 Å². The number of ether oxygens (including phenoxy) is 1. The molecule has 3 nitrogen and oxygen atoms in total. The zero-order valence-electron chi connectivity index (χ0n) is 12.6. The highest BCUT2D eigenvalue weighted by atomic mass is 79.9. The van der Waals surface area contributed by atoms with Crippen LogP contribution in [0.25, 0.3) is 0 Å². The summed E-state index contributed by atoms with van der Waals surface area (Å²) in [5, 5.41) is 1.10. The fraction of sp³-hybridized carbons (Fsp3) is 1.00. The molecule has 1 heterocycles. The fourth-order valence-electron chi connectivity index (χ4n) is 6.07. The number of alkyl halides is 1. The monoisotopic (exact) mass is 356 g/mol. The molecule has 5 saturated carbocycles. The smallest absolute Gasteiger partial charge is 0.210 e. The average molecular weight is 357 g/mol. The Kier molecular flexibility index (Phi) is 3.07. The van der Waals surface area contributed by atoms with E-state index < -0.39 is 5.79 Å². The Hall–Kier alpha value is 0.360. The van der Waals surface area contributed by atoms with Crippen LogP contribution in [0.1, 0.15) is 57.8 Å². The van der Waals surface area contributed by atoms with Gasteiger partial charge in [-0.1, -0.05) is 15.9 Å². The van der Waals surface area contributed by atoms with E-state index >= 15 is 0 Å². The Morgan fingerprint density at radius 2 is 1.48 bits per heavy atom. The molecule has 0 atom stereocenters. The summed E-state index contributed by atoms with van der Waals surface area (Å²) in [5.41, 5.74) is 0. The molecule has 6 fully saturated rings. The molecule has 0 aromatic rings. The molecular formula is C17H25BrO3. The van der Waals surface area contributed by atoms with Crippen LogP contribution in [0.2, 0.25) is 0 Å². The SMILES string of the molecule is BrCC1CCC2(CC1)OOC1(O2)C2CC3CC(C2)CC1C3. The second-order valence-electron chi connectivity index (χ2n) is 8.30. The van der Waals surface area contributed by atoms with Gasteiger partial charge in [-0.3, -0.25) is 0 Å². The first-order valence-corrected chi connectivity index (χ1v) is 9.96. The van der Waals surface area contributed by atoms with Crippen LogP contribution >= 0.6 is 15.9 Å². The van der Waals surface area contributed by atoms with E-state index in [-0.39, 0.29) is 5.79 Å². The normalized spacial score (nSPS) is 58.4. The lowest BCUT2D eigenvalue weighted by Crippen LogP contribution is -2.59. The van der Waals surface area contributed by atoms with E-state index in [1.807, 2.05) is 0 Å². The van der Waals surface area contributed by atoms with E-state index in [2.05, 4.69) is 15.9 Å².